The summed E-state index contributed by atoms with van der Waals surface area (Å²) in [6.07, 6.45) is 0.743. The zero-order chi connectivity index (χ0) is 14.3. The van der Waals surface area contributed by atoms with Crippen LogP contribution < -0.4 is 4.74 Å². The molecule has 0 aliphatic carbocycles. The van der Waals surface area contributed by atoms with E-state index in [1.165, 1.54) is 6.07 Å². The molecule has 0 aliphatic rings. The third kappa shape index (κ3) is 5.70. The minimum atomic E-state index is -0.791. The van der Waals surface area contributed by atoms with Crippen LogP contribution in [0.1, 0.15) is 25.3 Å². The number of carbonyl (C=O) groups is 1. The Hall–Kier alpha value is -1.62. The molecule has 106 valence electrons. The first-order chi connectivity index (χ1) is 9.02. The van der Waals surface area contributed by atoms with Crippen LogP contribution in [-0.4, -0.2) is 36.2 Å². The fourth-order valence-corrected chi connectivity index (χ4v) is 1.81. The van der Waals surface area contributed by atoms with Crippen molar-refractivity contribution >= 4 is 5.97 Å². The number of halogens is 1. The van der Waals surface area contributed by atoms with Gasteiger partial charge in [-0.2, -0.15) is 0 Å². The Morgan fingerprint density at radius 3 is 2.79 bits per heavy atom. The molecule has 5 heteroatoms. The molecule has 0 aliphatic heterocycles. The van der Waals surface area contributed by atoms with Gasteiger partial charge >= 0.3 is 5.97 Å². The molecule has 4 nitrogen and oxygen atoms in total. The lowest BCUT2D eigenvalue weighted by atomic mass is 10.2. The minimum absolute atomic E-state index is 0.155. The molecule has 0 spiro atoms. The van der Waals surface area contributed by atoms with E-state index in [1.807, 2.05) is 24.9 Å². The van der Waals surface area contributed by atoms with Gasteiger partial charge in [-0.25, -0.2) is 4.39 Å². The summed E-state index contributed by atoms with van der Waals surface area (Å²) in [5, 5.41) is 8.55. The van der Waals surface area contributed by atoms with Gasteiger partial charge in [-0.05, 0) is 44.6 Å². The molecule has 1 rings (SSSR count). The number of benzene rings is 1. The predicted molar refractivity (Wildman–Crippen MR) is 70.8 cm³/mol. The van der Waals surface area contributed by atoms with Crippen molar-refractivity contribution in [1.82, 2.24) is 4.90 Å². The maximum absolute atomic E-state index is 13.6. The fourth-order valence-electron chi connectivity index (χ4n) is 1.81. The molecule has 1 N–H and O–H groups in total. The molecule has 0 heterocycles. The summed E-state index contributed by atoms with van der Waals surface area (Å²) in [6, 6.07) is 4.90. The standard InChI is InChI=1S/C14H20FNO3/c1-3-19-13-7-6-11(9-12(13)15)10-16(2)8-4-5-14(17)18/h6-7,9H,3-5,8,10H2,1-2H3,(H,17,18). The lowest BCUT2D eigenvalue weighted by Gasteiger charge is -2.16. The number of ether oxygens (including phenoxy) is 1. The zero-order valence-electron chi connectivity index (χ0n) is 11.4. The molecule has 19 heavy (non-hydrogen) atoms. The average molecular weight is 269 g/mol. The van der Waals surface area contributed by atoms with Crippen molar-refractivity contribution < 1.29 is 19.0 Å². The number of hydrogen-bond acceptors (Lipinski definition) is 3. The van der Waals surface area contributed by atoms with Crippen molar-refractivity contribution in [1.29, 1.82) is 0 Å². The molecule has 0 amide bonds. The van der Waals surface area contributed by atoms with Gasteiger partial charge in [0.05, 0.1) is 6.61 Å². The maximum atomic E-state index is 13.6. The van der Waals surface area contributed by atoms with Crippen molar-refractivity contribution in [2.24, 2.45) is 0 Å². The monoisotopic (exact) mass is 269 g/mol. The van der Waals surface area contributed by atoms with Crippen LogP contribution in [0.2, 0.25) is 0 Å². The van der Waals surface area contributed by atoms with Crippen molar-refractivity contribution in [3.05, 3.63) is 29.6 Å². The van der Waals surface area contributed by atoms with Gasteiger partial charge in [0.15, 0.2) is 11.6 Å². The first kappa shape index (κ1) is 15.4. The number of carboxylic acid groups (broad SMARTS) is 1. The number of nitrogens with zero attached hydrogens (tertiary/aromatic N) is 1. The Labute approximate surface area is 112 Å². The molecule has 0 radical (unpaired) electrons. The van der Waals surface area contributed by atoms with Gasteiger partial charge in [0.2, 0.25) is 0 Å². The lowest BCUT2D eigenvalue weighted by molar-refractivity contribution is -0.137. The van der Waals surface area contributed by atoms with Gasteiger partial charge < -0.3 is 14.7 Å². The summed E-state index contributed by atoms with van der Waals surface area (Å²) in [7, 11) is 1.89. The van der Waals surface area contributed by atoms with E-state index >= 15 is 0 Å². The summed E-state index contributed by atoms with van der Waals surface area (Å²) in [5.74, 6) is -0.890. The maximum Gasteiger partial charge on any atom is 0.303 e. The number of carboxylic acids is 1. The summed E-state index contributed by atoms with van der Waals surface area (Å²) < 4.78 is 18.8. The zero-order valence-corrected chi connectivity index (χ0v) is 11.4. The van der Waals surface area contributed by atoms with E-state index in [2.05, 4.69) is 0 Å². The van der Waals surface area contributed by atoms with E-state index in [0.29, 0.717) is 26.1 Å². The Morgan fingerprint density at radius 2 is 2.21 bits per heavy atom. The molecule has 0 atom stereocenters. The lowest BCUT2D eigenvalue weighted by Crippen LogP contribution is -2.19. The second-order valence-electron chi connectivity index (χ2n) is 4.43. The molecule has 1 aromatic carbocycles. The van der Waals surface area contributed by atoms with Gasteiger partial charge in [0, 0.05) is 13.0 Å². The second-order valence-corrected chi connectivity index (χ2v) is 4.43. The van der Waals surface area contributed by atoms with Crippen LogP contribution in [0.4, 0.5) is 4.39 Å². The Bertz CT molecular complexity index is 423. The number of hydrogen-bond donors (Lipinski definition) is 1. The van der Waals surface area contributed by atoms with E-state index in [-0.39, 0.29) is 18.0 Å². The van der Waals surface area contributed by atoms with Crippen LogP contribution in [0.5, 0.6) is 5.75 Å². The van der Waals surface area contributed by atoms with E-state index in [0.717, 1.165) is 5.56 Å². The summed E-state index contributed by atoms with van der Waals surface area (Å²) in [6.45, 7) is 3.50. The summed E-state index contributed by atoms with van der Waals surface area (Å²) in [5.41, 5.74) is 0.846. The van der Waals surface area contributed by atoms with E-state index in [4.69, 9.17) is 9.84 Å². The van der Waals surface area contributed by atoms with Gasteiger partial charge in [-0.15, -0.1) is 0 Å². The molecule has 0 unspecified atom stereocenters. The van der Waals surface area contributed by atoms with Crippen molar-refractivity contribution in [3.63, 3.8) is 0 Å². The molecule has 0 bridgehead atoms. The molecule has 0 saturated carbocycles. The smallest absolute Gasteiger partial charge is 0.303 e. The SMILES string of the molecule is CCOc1ccc(CN(C)CCCC(=O)O)cc1F. The van der Waals surface area contributed by atoms with Crippen LogP contribution in [0, 0.1) is 5.82 Å². The van der Waals surface area contributed by atoms with Crippen LogP contribution in [-0.2, 0) is 11.3 Å². The quantitative estimate of drug-likeness (QED) is 0.788. The molecule has 0 aromatic heterocycles. The first-order valence-corrected chi connectivity index (χ1v) is 6.34. The van der Waals surface area contributed by atoms with Gasteiger partial charge in [-0.3, -0.25) is 4.79 Å². The van der Waals surface area contributed by atoms with Crippen LogP contribution >= 0.6 is 0 Å². The molecule has 0 saturated heterocycles. The van der Waals surface area contributed by atoms with Crippen molar-refractivity contribution in [2.75, 3.05) is 20.2 Å². The average Bonchev–Trinajstić information content (AvgIpc) is 2.32. The number of aliphatic carboxylic acids is 1. The fraction of sp³-hybridized carbons (Fsp3) is 0.500. The summed E-state index contributed by atoms with van der Waals surface area (Å²) in [4.78, 5) is 12.4. The van der Waals surface area contributed by atoms with E-state index in [9.17, 15) is 9.18 Å². The highest BCUT2D eigenvalue weighted by atomic mass is 19.1. The molecular weight excluding hydrogens is 249 g/mol. The third-order valence-electron chi connectivity index (χ3n) is 2.68. The van der Waals surface area contributed by atoms with Crippen molar-refractivity contribution in [3.8, 4) is 5.75 Å². The Kier molecular flexibility index (Phi) is 6.29. The van der Waals surface area contributed by atoms with Crippen LogP contribution in [0.3, 0.4) is 0 Å². The van der Waals surface area contributed by atoms with Crippen LogP contribution in [0.25, 0.3) is 0 Å². The highest BCUT2D eigenvalue weighted by molar-refractivity contribution is 5.66. The first-order valence-electron chi connectivity index (χ1n) is 6.34. The van der Waals surface area contributed by atoms with Gasteiger partial charge in [-0.1, -0.05) is 6.07 Å². The van der Waals surface area contributed by atoms with Crippen LogP contribution in [0.15, 0.2) is 18.2 Å². The minimum Gasteiger partial charge on any atom is -0.491 e. The van der Waals surface area contributed by atoms with Crippen molar-refractivity contribution in [2.45, 2.75) is 26.3 Å². The largest absolute Gasteiger partial charge is 0.491 e. The normalized spacial score (nSPS) is 10.7. The number of rotatable bonds is 8. The molecular formula is C14H20FNO3. The molecule has 0 fully saturated rings. The van der Waals surface area contributed by atoms with Gasteiger partial charge in [0.25, 0.3) is 0 Å². The second kappa shape index (κ2) is 7.74. The topological polar surface area (TPSA) is 49.8 Å². The third-order valence-corrected chi connectivity index (χ3v) is 2.68. The molecule has 1 aromatic rings. The Morgan fingerprint density at radius 1 is 1.47 bits per heavy atom. The highest BCUT2D eigenvalue weighted by Crippen LogP contribution is 2.19. The predicted octanol–water partition coefficient (Wildman–Crippen LogP) is 2.52. The van der Waals surface area contributed by atoms with E-state index < -0.39 is 5.97 Å². The van der Waals surface area contributed by atoms with E-state index in [1.54, 1.807) is 6.07 Å². The Balaban J connectivity index is 2.48. The van der Waals surface area contributed by atoms with Gasteiger partial charge in [0.1, 0.15) is 0 Å². The highest BCUT2D eigenvalue weighted by Gasteiger charge is 2.07. The summed E-state index contributed by atoms with van der Waals surface area (Å²) >= 11 is 0.